The lowest BCUT2D eigenvalue weighted by Crippen LogP contribution is -2.10. The van der Waals surface area contributed by atoms with E-state index < -0.39 is 0 Å². The zero-order valence-electron chi connectivity index (χ0n) is 15.6. The maximum Gasteiger partial charge on any atom is 0.119 e. The Labute approximate surface area is 171 Å². The van der Waals surface area contributed by atoms with Crippen molar-refractivity contribution in [1.29, 1.82) is 0 Å². The molecule has 3 aromatic rings. The molecule has 3 nitrogen and oxygen atoms in total. The van der Waals surface area contributed by atoms with Crippen LogP contribution in [0.15, 0.2) is 78.9 Å². The van der Waals surface area contributed by atoms with Crippen LogP contribution in [0.5, 0.6) is 11.5 Å². The lowest BCUT2D eigenvalue weighted by atomic mass is 9.88. The number of rotatable bonds is 8. The van der Waals surface area contributed by atoms with Gasteiger partial charge in [-0.25, -0.2) is 0 Å². The van der Waals surface area contributed by atoms with Crippen molar-refractivity contribution >= 4 is 22.7 Å². The Morgan fingerprint density at radius 2 is 1.43 bits per heavy atom. The Morgan fingerprint density at radius 1 is 0.821 bits per heavy atom. The average molecular weight is 394 g/mol. The van der Waals surface area contributed by atoms with Crippen LogP contribution in [0.3, 0.4) is 0 Å². The van der Waals surface area contributed by atoms with Crippen molar-refractivity contribution in [2.75, 3.05) is 19.0 Å². The number of phenolic OH excluding ortho intramolecular Hbond substituents is 1. The van der Waals surface area contributed by atoms with Crippen molar-refractivity contribution in [3.8, 4) is 11.5 Å². The Hall–Kier alpha value is -2.75. The molecule has 0 fully saturated rings. The first-order chi connectivity index (χ1) is 13.7. The van der Waals surface area contributed by atoms with Gasteiger partial charge in [-0.05, 0) is 58.5 Å². The minimum absolute atomic E-state index is 0.243. The van der Waals surface area contributed by atoms with Crippen LogP contribution in [-0.4, -0.2) is 24.1 Å². The lowest BCUT2D eigenvalue weighted by molar-refractivity contribution is 0.328. The largest absolute Gasteiger partial charge is 0.508 e. The number of phenols is 1. The second-order valence-electron chi connectivity index (χ2n) is 6.37. The van der Waals surface area contributed by atoms with Gasteiger partial charge in [0.2, 0.25) is 0 Å². The van der Waals surface area contributed by atoms with Crippen LogP contribution >= 0.6 is 11.6 Å². The number of halogens is 1. The molecule has 4 heteroatoms. The van der Waals surface area contributed by atoms with E-state index in [1.54, 1.807) is 12.1 Å². The van der Waals surface area contributed by atoms with Crippen LogP contribution in [0.1, 0.15) is 23.1 Å². The highest BCUT2D eigenvalue weighted by atomic mass is 35.5. The van der Waals surface area contributed by atoms with Crippen molar-refractivity contribution in [1.82, 2.24) is 0 Å². The van der Waals surface area contributed by atoms with E-state index in [0.29, 0.717) is 19.0 Å². The molecule has 0 aliphatic rings. The van der Waals surface area contributed by atoms with Crippen LogP contribution in [0.4, 0.5) is 0 Å². The summed E-state index contributed by atoms with van der Waals surface area (Å²) in [6, 6.07) is 25.5. The SMILES string of the molecule is NCCOc1ccc(/C(=C(/CCCl)c2ccccc2)c2ccc(O)cc2)cc1. The van der Waals surface area contributed by atoms with Gasteiger partial charge in [-0.2, -0.15) is 0 Å². The fourth-order valence-electron chi connectivity index (χ4n) is 3.19. The zero-order valence-corrected chi connectivity index (χ0v) is 16.4. The number of ether oxygens (including phenoxy) is 1. The molecule has 3 aromatic carbocycles. The number of benzene rings is 3. The fourth-order valence-corrected chi connectivity index (χ4v) is 3.37. The molecule has 3 N–H and O–H groups in total. The second kappa shape index (κ2) is 9.98. The summed E-state index contributed by atoms with van der Waals surface area (Å²) in [7, 11) is 0. The van der Waals surface area contributed by atoms with E-state index in [4.69, 9.17) is 22.1 Å². The Balaban J connectivity index is 2.15. The molecule has 3 rings (SSSR count). The normalized spacial score (nSPS) is 11.8. The van der Waals surface area contributed by atoms with Gasteiger partial charge < -0.3 is 15.6 Å². The fraction of sp³-hybridized carbons (Fsp3) is 0.167. The first kappa shape index (κ1) is 20.0. The molecule has 28 heavy (non-hydrogen) atoms. The van der Waals surface area contributed by atoms with Crippen LogP contribution in [0.2, 0.25) is 0 Å². The molecule has 0 saturated heterocycles. The highest BCUT2D eigenvalue weighted by molar-refractivity contribution is 6.18. The first-order valence-electron chi connectivity index (χ1n) is 9.30. The summed E-state index contributed by atoms with van der Waals surface area (Å²) in [5.41, 5.74) is 11.0. The third-order valence-corrected chi connectivity index (χ3v) is 4.64. The second-order valence-corrected chi connectivity index (χ2v) is 6.74. The number of alkyl halides is 1. The molecule has 0 radical (unpaired) electrons. The summed E-state index contributed by atoms with van der Waals surface area (Å²) in [6.45, 7) is 0.968. The van der Waals surface area contributed by atoms with Gasteiger partial charge in [0.1, 0.15) is 18.1 Å². The summed E-state index contributed by atoms with van der Waals surface area (Å²) in [5, 5.41) is 9.72. The highest BCUT2D eigenvalue weighted by Crippen LogP contribution is 2.35. The molecule has 0 aliphatic carbocycles. The van der Waals surface area contributed by atoms with Gasteiger partial charge in [-0.1, -0.05) is 54.6 Å². The summed E-state index contributed by atoms with van der Waals surface area (Å²) in [6.07, 6.45) is 0.729. The minimum atomic E-state index is 0.243. The summed E-state index contributed by atoms with van der Waals surface area (Å²) in [4.78, 5) is 0. The third kappa shape index (κ3) is 4.94. The molecule has 0 bridgehead atoms. The van der Waals surface area contributed by atoms with Crippen molar-refractivity contribution in [3.05, 3.63) is 95.6 Å². The van der Waals surface area contributed by atoms with Gasteiger partial charge >= 0.3 is 0 Å². The average Bonchev–Trinajstić information content (AvgIpc) is 2.74. The smallest absolute Gasteiger partial charge is 0.119 e. The van der Waals surface area contributed by atoms with Gasteiger partial charge in [0.15, 0.2) is 0 Å². The Morgan fingerprint density at radius 3 is 2.00 bits per heavy atom. The maximum absolute atomic E-state index is 9.72. The van der Waals surface area contributed by atoms with E-state index in [1.165, 1.54) is 0 Å². The van der Waals surface area contributed by atoms with Gasteiger partial charge in [-0.3, -0.25) is 0 Å². The van der Waals surface area contributed by atoms with E-state index in [9.17, 15) is 5.11 Å². The molecular weight excluding hydrogens is 370 g/mol. The molecule has 0 aromatic heterocycles. The van der Waals surface area contributed by atoms with E-state index in [2.05, 4.69) is 12.1 Å². The van der Waals surface area contributed by atoms with Gasteiger partial charge in [0.25, 0.3) is 0 Å². The van der Waals surface area contributed by atoms with Crippen molar-refractivity contribution in [2.24, 2.45) is 5.73 Å². The van der Waals surface area contributed by atoms with E-state index >= 15 is 0 Å². The number of hydrogen-bond donors (Lipinski definition) is 2. The predicted octanol–water partition coefficient (Wildman–Crippen LogP) is 5.32. The van der Waals surface area contributed by atoms with Crippen molar-refractivity contribution in [2.45, 2.75) is 6.42 Å². The third-order valence-electron chi connectivity index (χ3n) is 4.45. The molecule has 0 atom stereocenters. The topological polar surface area (TPSA) is 55.5 Å². The standard InChI is InChI=1S/C24H24ClNO2/c25-15-14-23(18-4-2-1-3-5-18)24(19-6-10-21(27)11-7-19)20-8-12-22(13-9-20)28-17-16-26/h1-13,27H,14-17,26H2/b24-23-. The molecule has 0 saturated carbocycles. The zero-order chi connectivity index (χ0) is 19.8. The van der Waals surface area contributed by atoms with Crippen LogP contribution in [0.25, 0.3) is 11.1 Å². The van der Waals surface area contributed by atoms with E-state index in [-0.39, 0.29) is 5.75 Å². The summed E-state index contributed by atoms with van der Waals surface area (Å²) in [5.74, 6) is 1.55. The lowest BCUT2D eigenvalue weighted by Gasteiger charge is -2.17. The molecule has 144 valence electrons. The molecular formula is C24H24ClNO2. The predicted molar refractivity (Wildman–Crippen MR) is 117 cm³/mol. The Kier molecular flexibility index (Phi) is 7.12. The van der Waals surface area contributed by atoms with Crippen LogP contribution in [0, 0.1) is 0 Å². The molecule has 0 unspecified atom stereocenters. The van der Waals surface area contributed by atoms with Crippen molar-refractivity contribution < 1.29 is 9.84 Å². The van der Waals surface area contributed by atoms with Crippen molar-refractivity contribution in [3.63, 3.8) is 0 Å². The first-order valence-corrected chi connectivity index (χ1v) is 9.83. The number of allylic oxidation sites excluding steroid dienone is 1. The highest BCUT2D eigenvalue weighted by Gasteiger charge is 2.14. The van der Waals surface area contributed by atoms with Gasteiger partial charge in [0.05, 0.1) is 0 Å². The minimum Gasteiger partial charge on any atom is -0.508 e. The quantitative estimate of drug-likeness (QED) is 0.402. The van der Waals surface area contributed by atoms with E-state index in [1.807, 2.05) is 54.6 Å². The summed E-state index contributed by atoms with van der Waals surface area (Å²) < 4.78 is 5.61. The molecule has 0 amide bonds. The molecule has 0 spiro atoms. The van der Waals surface area contributed by atoms with E-state index in [0.717, 1.165) is 40.0 Å². The van der Waals surface area contributed by atoms with Gasteiger partial charge in [-0.15, -0.1) is 11.6 Å². The Bertz CT molecular complexity index is 904. The molecule has 0 heterocycles. The van der Waals surface area contributed by atoms with Crippen LogP contribution < -0.4 is 10.5 Å². The van der Waals surface area contributed by atoms with Gasteiger partial charge in [0, 0.05) is 12.4 Å². The number of hydrogen-bond acceptors (Lipinski definition) is 3. The summed E-state index contributed by atoms with van der Waals surface area (Å²) >= 11 is 6.17. The van der Waals surface area contributed by atoms with Crippen LogP contribution in [-0.2, 0) is 0 Å². The number of aromatic hydroxyl groups is 1. The monoisotopic (exact) mass is 393 g/mol. The maximum atomic E-state index is 9.72. The number of nitrogens with two attached hydrogens (primary N) is 1. The molecule has 0 aliphatic heterocycles.